The molecule has 1 aromatic rings. The summed E-state index contributed by atoms with van der Waals surface area (Å²) in [7, 11) is 0. The molecular formula is C11H11Cl2NO2. The van der Waals surface area contributed by atoms with Gasteiger partial charge in [-0.25, -0.2) is 5.06 Å². The molecule has 0 saturated carbocycles. The van der Waals surface area contributed by atoms with Gasteiger partial charge in [0.15, 0.2) is 0 Å². The quantitative estimate of drug-likeness (QED) is 0.776. The second kappa shape index (κ2) is 5.04. The minimum Gasteiger partial charge on any atom is -0.271 e. The largest absolute Gasteiger partial charge is 0.278 e. The first-order valence-electron chi connectivity index (χ1n) is 5.08. The Morgan fingerprint density at radius 2 is 2.12 bits per heavy atom. The van der Waals surface area contributed by atoms with Crippen molar-refractivity contribution in [2.24, 2.45) is 0 Å². The molecule has 1 amide bonds. The monoisotopic (exact) mass is 259 g/mol. The molecule has 0 aliphatic carbocycles. The molecule has 16 heavy (non-hydrogen) atoms. The Kier molecular flexibility index (Phi) is 3.69. The van der Waals surface area contributed by atoms with Gasteiger partial charge in [0.2, 0.25) is 0 Å². The van der Waals surface area contributed by atoms with Crippen molar-refractivity contribution in [3.63, 3.8) is 0 Å². The second-order valence-corrected chi connectivity index (χ2v) is 4.42. The minimum atomic E-state index is -0.207. The van der Waals surface area contributed by atoms with Crippen LogP contribution in [0.3, 0.4) is 0 Å². The number of hydrogen-bond acceptors (Lipinski definition) is 2. The van der Waals surface area contributed by atoms with Gasteiger partial charge in [-0.2, -0.15) is 0 Å². The number of rotatable bonds is 1. The zero-order valence-corrected chi connectivity index (χ0v) is 10.1. The molecule has 0 aromatic heterocycles. The van der Waals surface area contributed by atoms with E-state index in [1.807, 2.05) is 0 Å². The molecule has 1 aliphatic rings. The second-order valence-electron chi connectivity index (χ2n) is 3.57. The molecule has 0 radical (unpaired) electrons. The highest BCUT2D eigenvalue weighted by atomic mass is 35.5. The molecule has 1 heterocycles. The first kappa shape index (κ1) is 11.7. The van der Waals surface area contributed by atoms with E-state index in [1.54, 1.807) is 18.2 Å². The maximum Gasteiger partial charge on any atom is 0.278 e. The number of halogens is 2. The summed E-state index contributed by atoms with van der Waals surface area (Å²) in [5.41, 5.74) is 0.424. The molecule has 0 unspecified atom stereocenters. The van der Waals surface area contributed by atoms with Crippen LogP contribution in [-0.4, -0.2) is 24.1 Å². The van der Waals surface area contributed by atoms with Gasteiger partial charge in [0, 0.05) is 11.6 Å². The van der Waals surface area contributed by atoms with Crippen LogP contribution in [0.4, 0.5) is 0 Å². The van der Waals surface area contributed by atoms with E-state index in [0.717, 1.165) is 12.8 Å². The Hall–Kier alpha value is -0.770. The fourth-order valence-electron chi connectivity index (χ4n) is 1.55. The van der Waals surface area contributed by atoms with E-state index < -0.39 is 0 Å². The third-order valence-electron chi connectivity index (χ3n) is 2.39. The van der Waals surface area contributed by atoms with E-state index in [-0.39, 0.29) is 5.91 Å². The van der Waals surface area contributed by atoms with E-state index in [1.165, 1.54) is 5.06 Å². The SMILES string of the molecule is O=C(c1ccc(Cl)cc1Cl)N1CCCCO1. The lowest BCUT2D eigenvalue weighted by molar-refractivity contribution is -0.144. The first-order valence-corrected chi connectivity index (χ1v) is 5.84. The van der Waals surface area contributed by atoms with Crippen LogP contribution in [0.5, 0.6) is 0 Å². The average molecular weight is 260 g/mol. The van der Waals surface area contributed by atoms with Crippen molar-refractivity contribution < 1.29 is 9.63 Å². The van der Waals surface area contributed by atoms with Crippen LogP contribution < -0.4 is 0 Å². The smallest absolute Gasteiger partial charge is 0.271 e. The fourth-order valence-corrected chi connectivity index (χ4v) is 2.04. The number of amides is 1. The van der Waals surface area contributed by atoms with Crippen molar-refractivity contribution in [2.45, 2.75) is 12.8 Å². The number of hydrogen-bond donors (Lipinski definition) is 0. The van der Waals surface area contributed by atoms with Crippen molar-refractivity contribution in [3.05, 3.63) is 33.8 Å². The van der Waals surface area contributed by atoms with Crippen molar-refractivity contribution in [2.75, 3.05) is 13.2 Å². The average Bonchev–Trinajstić information content (AvgIpc) is 2.29. The molecule has 0 bridgehead atoms. The van der Waals surface area contributed by atoms with Gasteiger partial charge < -0.3 is 0 Å². The van der Waals surface area contributed by atoms with Gasteiger partial charge in [0.1, 0.15) is 0 Å². The predicted octanol–water partition coefficient (Wildman–Crippen LogP) is 3.16. The first-order chi connectivity index (χ1) is 7.68. The molecule has 1 aromatic carbocycles. The highest BCUT2D eigenvalue weighted by Gasteiger charge is 2.21. The Balaban J connectivity index is 2.19. The van der Waals surface area contributed by atoms with Gasteiger partial charge in [0.05, 0.1) is 17.2 Å². The van der Waals surface area contributed by atoms with Gasteiger partial charge in [-0.05, 0) is 31.0 Å². The summed E-state index contributed by atoms with van der Waals surface area (Å²) in [6.45, 7) is 1.19. The molecule has 3 nitrogen and oxygen atoms in total. The van der Waals surface area contributed by atoms with Gasteiger partial charge in [-0.3, -0.25) is 9.63 Å². The zero-order valence-electron chi connectivity index (χ0n) is 8.58. The third-order valence-corrected chi connectivity index (χ3v) is 2.94. The van der Waals surface area contributed by atoms with Crippen LogP contribution in [0.2, 0.25) is 10.0 Å². The summed E-state index contributed by atoms with van der Waals surface area (Å²) in [5, 5.41) is 2.23. The number of benzene rings is 1. The van der Waals surface area contributed by atoms with Crippen LogP contribution in [0, 0.1) is 0 Å². The molecule has 0 spiro atoms. The number of nitrogens with zero attached hydrogens (tertiary/aromatic N) is 1. The molecule has 2 rings (SSSR count). The van der Waals surface area contributed by atoms with Crippen LogP contribution in [0.25, 0.3) is 0 Å². The molecule has 1 saturated heterocycles. The Bertz CT molecular complexity index is 403. The van der Waals surface area contributed by atoms with Crippen molar-refractivity contribution >= 4 is 29.1 Å². The lowest BCUT2D eigenvalue weighted by atomic mass is 10.2. The summed E-state index contributed by atoms with van der Waals surface area (Å²) in [4.78, 5) is 17.3. The van der Waals surface area contributed by atoms with Crippen LogP contribution in [-0.2, 0) is 4.84 Å². The molecule has 0 atom stereocenters. The summed E-state index contributed by atoms with van der Waals surface area (Å²) in [5.74, 6) is -0.207. The van der Waals surface area contributed by atoms with Crippen LogP contribution in [0.1, 0.15) is 23.2 Å². The summed E-state index contributed by atoms with van der Waals surface area (Å²) < 4.78 is 0. The maximum atomic E-state index is 12.0. The Labute approximate surface area is 104 Å². The molecular weight excluding hydrogens is 249 g/mol. The normalized spacial score (nSPS) is 16.2. The third kappa shape index (κ3) is 2.48. The summed E-state index contributed by atoms with van der Waals surface area (Å²) in [6.07, 6.45) is 1.94. The molecule has 1 fully saturated rings. The summed E-state index contributed by atoms with van der Waals surface area (Å²) in [6, 6.07) is 4.82. The number of hydroxylamine groups is 2. The minimum absolute atomic E-state index is 0.207. The predicted molar refractivity (Wildman–Crippen MR) is 62.7 cm³/mol. The summed E-state index contributed by atoms with van der Waals surface area (Å²) >= 11 is 11.7. The van der Waals surface area contributed by atoms with E-state index >= 15 is 0 Å². The van der Waals surface area contributed by atoms with Crippen molar-refractivity contribution in [3.8, 4) is 0 Å². The highest BCUT2D eigenvalue weighted by molar-refractivity contribution is 6.36. The van der Waals surface area contributed by atoms with Crippen LogP contribution >= 0.6 is 23.2 Å². The number of carbonyl (C=O) groups is 1. The standard InChI is InChI=1S/C11H11Cl2NO2/c12-8-3-4-9(10(13)7-8)11(15)14-5-1-2-6-16-14/h3-4,7H,1-2,5-6H2. The Morgan fingerprint density at radius 1 is 1.31 bits per heavy atom. The van der Waals surface area contributed by atoms with Crippen molar-refractivity contribution in [1.29, 1.82) is 0 Å². The zero-order chi connectivity index (χ0) is 11.5. The topological polar surface area (TPSA) is 29.5 Å². The molecule has 1 aliphatic heterocycles. The lowest BCUT2D eigenvalue weighted by Gasteiger charge is -2.26. The molecule has 0 N–H and O–H groups in total. The molecule has 86 valence electrons. The van der Waals surface area contributed by atoms with Gasteiger partial charge >= 0.3 is 0 Å². The van der Waals surface area contributed by atoms with Gasteiger partial charge in [-0.1, -0.05) is 23.2 Å². The lowest BCUT2D eigenvalue weighted by Crippen LogP contribution is -2.35. The van der Waals surface area contributed by atoms with E-state index in [2.05, 4.69) is 0 Å². The van der Waals surface area contributed by atoms with Crippen molar-refractivity contribution in [1.82, 2.24) is 5.06 Å². The van der Waals surface area contributed by atoms with E-state index in [0.29, 0.717) is 28.8 Å². The maximum absolute atomic E-state index is 12.0. The fraction of sp³-hybridized carbons (Fsp3) is 0.364. The van der Waals surface area contributed by atoms with Gasteiger partial charge in [0.25, 0.3) is 5.91 Å². The molecule has 5 heteroatoms. The van der Waals surface area contributed by atoms with Gasteiger partial charge in [-0.15, -0.1) is 0 Å². The van der Waals surface area contributed by atoms with E-state index in [9.17, 15) is 4.79 Å². The Morgan fingerprint density at radius 3 is 2.75 bits per heavy atom. The number of carbonyl (C=O) groups excluding carboxylic acids is 1. The van der Waals surface area contributed by atoms with Crippen LogP contribution in [0.15, 0.2) is 18.2 Å². The van der Waals surface area contributed by atoms with E-state index in [4.69, 9.17) is 28.0 Å². The highest BCUT2D eigenvalue weighted by Crippen LogP contribution is 2.23.